The third-order valence-corrected chi connectivity index (χ3v) is 11.6. The number of carbonyl (C=O) groups is 2. The van der Waals surface area contributed by atoms with Gasteiger partial charge >= 0.3 is 5.97 Å². The first-order valence-electron chi connectivity index (χ1n) is 18.1. The molecule has 0 aromatic heterocycles. The van der Waals surface area contributed by atoms with E-state index in [0.717, 1.165) is 0 Å². The number of esters is 1. The van der Waals surface area contributed by atoms with Gasteiger partial charge in [0.2, 0.25) is 0 Å². The van der Waals surface area contributed by atoms with E-state index in [1.165, 1.54) is 27.9 Å². The minimum atomic E-state index is -1.99. The lowest BCUT2D eigenvalue weighted by atomic mass is 9.74. The number of Topliss-reactive ketones (excluding diaryl/α,β-unsaturated/α-hetero) is 1. The van der Waals surface area contributed by atoms with E-state index in [9.17, 15) is 35.1 Å². The van der Waals surface area contributed by atoms with Crippen LogP contribution in [0.5, 0.6) is 0 Å². The number of ether oxygens (including phenoxy) is 6. The first-order chi connectivity index (χ1) is 23.1. The van der Waals surface area contributed by atoms with Gasteiger partial charge in [0.05, 0.1) is 47.6 Å². The van der Waals surface area contributed by atoms with Gasteiger partial charge in [-0.2, -0.15) is 0 Å². The number of rotatable bonds is 7. The van der Waals surface area contributed by atoms with E-state index in [1.807, 2.05) is 6.92 Å². The van der Waals surface area contributed by atoms with Gasteiger partial charge in [-0.15, -0.1) is 0 Å². The van der Waals surface area contributed by atoms with Crippen molar-refractivity contribution in [1.29, 1.82) is 0 Å². The second kappa shape index (κ2) is 16.8. The van der Waals surface area contributed by atoms with Crippen LogP contribution >= 0.6 is 0 Å². The fourth-order valence-corrected chi connectivity index (χ4v) is 8.21. The second-order valence-corrected chi connectivity index (χ2v) is 15.8. The van der Waals surface area contributed by atoms with Crippen molar-refractivity contribution in [3.63, 3.8) is 0 Å². The van der Waals surface area contributed by atoms with Crippen LogP contribution in [0.2, 0.25) is 0 Å². The van der Waals surface area contributed by atoms with Crippen molar-refractivity contribution in [3.05, 3.63) is 0 Å². The molecule has 0 aliphatic carbocycles. The van der Waals surface area contributed by atoms with Gasteiger partial charge in [-0.05, 0) is 67.9 Å². The highest BCUT2D eigenvalue weighted by atomic mass is 16.7. The summed E-state index contributed by atoms with van der Waals surface area (Å²) >= 11 is 0. The summed E-state index contributed by atoms with van der Waals surface area (Å²) in [6.07, 6.45) is -9.76. The molecule has 6 N–H and O–H groups in total. The zero-order valence-electron chi connectivity index (χ0n) is 32.0. The molecule has 0 unspecified atom stereocenters. The van der Waals surface area contributed by atoms with Gasteiger partial charge in [0.15, 0.2) is 12.6 Å². The number of ketones is 1. The molecule has 3 aliphatic rings. The van der Waals surface area contributed by atoms with Crippen LogP contribution in [0.25, 0.3) is 0 Å². The minimum Gasteiger partial charge on any atom is -0.459 e. The first kappa shape index (κ1) is 43.1. The molecule has 3 rings (SSSR count). The summed E-state index contributed by atoms with van der Waals surface area (Å²) in [5.74, 6) is -4.98. The molecule has 0 aromatic rings. The molecule has 50 heavy (non-hydrogen) atoms. The summed E-state index contributed by atoms with van der Waals surface area (Å²) < 4.78 is 36.9. The van der Waals surface area contributed by atoms with Crippen LogP contribution in [-0.2, 0) is 38.0 Å². The van der Waals surface area contributed by atoms with Crippen LogP contribution in [0, 0.1) is 23.7 Å². The average molecular weight is 720 g/mol. The minimum absolute atomic E-state index is 0.0929. The van der Waals surface area contributed by atoms with E-state index in [2.05, 4.69) is 5.32 Å². The molecule has 14 heteroatoms. The lowest BCUT2D eigenvalue weighted by Crippen LogP contribution is -2.61. The molecule has 18 atom stereocenters. The Morgan fingerprint density at radius 2 is 1.52 bits per heavy atom. The first-order valence-corrected chi connectivity index (χ1v) is 18.1. The van der Waals surface area contributed by atoms with Gasteiger partial charge in [0.25, 0.3) is 0 Å². The number of likely N-dealkylation sites (N-methyl/N-ethyl adjacent to an activating group) is 1. The molecule has 3 heterocycles. The Balaban J connectivity index is 2.17. The molecule has 0 amide bonds. The standard InChI is InChI=1S/C36H65NO13/c1-13-24-36(10,44)29(40)19(4)26(38)17(2)15-34(8,43)31(50-33-27(39)23(37-11)14-18(3)46-33)20(5)28(21(6)32(42)48-24)49-25-16-35(9,45-12)30(41)22(7)47-25/h17-25,27-31,33,37,39-41,43-44H,13-16H2,1-12H3/t17-,18+,19+,20+,21-,22+,23-,24+,25+,27-,28-,29-,30+,31-,33+,34+,35-,36-/m1/s1. The van der Waals surface area contributed by atoms with E-state index in [1.54, 1.807) is 48.6 Å². The highest BCUT2D eigenvalue weighted by molar-refractivity contribution is 5.83. The normalized spacial score (nSPS) is 50.4. The molecule has 3 saturated heterocycles. The average Bonchev–Trinajstić information content (AvgIpc) is 3.05. The van der Waals surface area contributed by atoms with Crippen molar-refractivity contribution in [3.8, 4) is 0 Å². The van der Waals surface area contributed by atoms with E-state index >= 15 is 0 Å². The molecule has 0 spiro atoms. The number of aliphatic hydroxyl groups is 5. The van der Waals surface area contributed by atoms with E-state index in [0.29, 0.717) is 6.42 Å². The molecule has 0 bridgehead atoms. The van der Waals surface area contributed by atoms with Crippen LogP contribution in [-0.4, -0.2) is 136 Å². The highest BCUT2D eigenvalue weighted by Crippen LogP contribution is 2.40. The van der Waals surface area contributed by atoms with E-state index < -0.39 is 108 Å². The van der Waals surface area contributed by atoms with Crippen LogP contribution in [0.1, 0.15) is 94.9 Å². The van der Waals surface area contributed by atoms with Crippen LogP contribution in [0.3, 0.4) is 0 Å². The summed E-state index contributed by atoms with van der Waals surface area (Å²) in [4.78, 5) is 27.8. The largest absolute Gasteiger partial charge is 0.459 e. The second-order valence-electron chi connectivity index (χ2n) is 15.8. The Bertz CT molecular complexity index is 1140. The van der Waals surface area contributed by atoms with Crippen molar-refractivity contribution in [1.82, 2.24) is 5.32 Å². The van der Waals surface area contributed by atoms with E-state index in [-0.39, 0.29) is 31.4 Å². The molecule has 3 aliphatic heterocycles. The number of hydrogen-bond donors (Lipinski definition) is 6. The highest BCUT2D eigenvalue weighted by Gasteiger charge is 2.53. The van der Waals surface area contributed by atoms with Gasteiger partial charge < -0.3 is 59.3 Å². The Hall–Kier alpha value is -1.30. The monoisotopic (exact) mass is 719 g/mol. The molecular weight excluding hydrogens is 654 g/mol. The Morgan fingerprint density at radius 3 is 2.08 bits per heavy atom. The number of carbonyl (C=O) groups excluding carboxylic acids is 2. The fraction of sp³-hybridized carbons (Fsp3) is 0.944. The number of methoxy groups -OCH3 is 1. The molecule has 14 nitrogen and oxygen atoms in total. The van der Waals surface area contributed by atoms with Crippen molar-refractivity contribution in [2.75, 3.05) is 14.2 Å². The van der Waals surface area contributed by atoms with Gasteiger partial charge in [0.1, 0.15) is 29.7 Å². The maximum Gasteiger partial charge on any atom is 0.311 e. The predicted octanol–water partition coefficient (Wildman–Crippen LogP) is 1.44. The molecule has 292 valence electrons. The summed E-state index contributed by atoms with van der Waals surface area (Å²) in [6, 6.07) is -0.375. The molecule has 3 fully saturated rings. The SMILES string of the molecule is CC[C@@H]1OC(=O)[C@H](C)[C@H](O[C@H]2C[C@@](C)(OC)[C@@H](O)[C@H](C)O2)[C@H](C)[C@@H](O[C@@H]2O[C@@H](C)C[C@@H](NC)[C@H]2O)[C@@](C)(O)C[C@@H](C)C(=O)[C@H](C)[C@@H](O)[C@]1(C)O. The van der Waals surface area contributed by atoms with Gasteiger partial charge in [-0.1, -0.05) is 27.7 Å². The summed E-state index contributed by atoms with van der Waals surface area (Å²) in [5.41, 5.74) is -4.84. The predicted molar refractivity (Wildman–Crippen MR) is 182 cm³/mol. The quantitative estimate of drug-likeness (QED) is 0.206. The lowest BCUT2D eigenvalue weighted by Gasteiger charge is -2.48. The molecule has 0 aromatic carbocycles. The molecule has 0 radical (unpaired) electrons. The Labute approximate surface area is 297 Å². The van der Waals surface area contributed by atoms with Crippen molar-refractivity contribution < 1.29 is 63.5 Å². The summed E-state index contributed by atoms with van der Waals surface area (Å²) in [6.45, 7) is 16.3. The molecule has 0 saturated carbocycles. The van der Waals surface area contributed by atoms with Crippen molar-refractivity contribution in [2.24, 2.45) is 23.7 Å². The van der Waals surface area contributed by atoms with Crippen LogP contribution < -0.4 is 5.32 Å². The summed E-state index contributed by atoms with van der Waals surface area (Å²) in [7, 11) is 3.20. The maximum atomic E-state index is 14.0. The zero-order chi connectivity index (χ0) is 38.1. The number of aliphatic hydroxyl groups excluding tert-OH is 3. The molecular formula is C36H65NO13. The Kier molecular flexibility index (Phi) is 14.5. The van der Waals surface area contributed by atoms with Gasteiger partial charge in [-0.25, -0.2) is 0 Å². The van der Waals surface area contributed by atoms with Crippen molar-refractivity contribution >= 4 is 11.8 Å². The smallest absolute Gasteiger partial charge is 0.311 e. The fourth-order valence-electron chi connectivity index (χ4n) is 8.21. The third kappa shape index (κ3) is 9.07. The lowest BCUT2D eigenvalue weighted by molar-refractivity contribution is -0.316. The Morgan fingerprint density at radius 1 is 0.900 bits per heavy atom. The van der Waals surface area contributed by atoms with Crippen molar-refractivity contribution in [2.45, 2.75) is 179 Å². The van der Waals surface area contributed by atoms with E-state index in [4.69, 9.17) is 28.4 Å². The maximum absolute atomic E-state index is 14.0. The van der Waals surface area contributed by atoms with Gasteiger partial charge in [0, 0.05) is 37.3 Å². The number of hydrogen-bond acceptors (Lipinski definition) is 14. The van der Waals surface area contributed by atoms with Crippen LogP contribution in [0.4, 0.5) is 0 Å². The number of nitrogens with one attached hydrogen (secondary N) is 1. The van der Waals surface area contributed by atoms with Gasteiger partial charge in [-0.3, -0.25) is 9.59 Å². The third-order valence-electron chi connectivity index (χ3n) is 11.6. The zero-order valence-corrected chi connectivity index (χ0v) is 32.0. The van der Waals surface area contributed by atoms with Crippen LogP contribution in [0.15, 0.2) is 0 Å². The summed E-state index contributed by atoms with van der Waals surface area (Å²) in [5, 5.41) is 60.4. The number of cyclic esters (lactones) is 1. The topological polar surface area (TPSA) is 203 Å².